The monoisotopic (exact) mass is 309 g/mol. The number of halogens is 4. The zero-order valence-electron chi connectivity index (χ0n) is 8.38. The van der Waals surface area contributed by atoms with E-state index in [1.807, 2.05) is 0 Å². The number of rotatable bonds is 2. The molecule has 0 spiro atoms. The van der Waals surface area contributed by atoms with Crippen molar-refractivity contribution in [2.45, 2.75) is 6.04 Å². The van der Waals surface area contributed by atoms with E-state index in [-0.39, 0.29) is 5.02 Å². The Morgan fingerprint density at radius 3 is 2.35 bits per heavy atom. The van der Waals surface area contributed by atoms with Crippen molar-refractivity contribution in [1.29, 1.82) is 0 Å². The van der Waals surface area contributed by atoms with E-state index >= 15 is 0 Å². The van der Waals surface area contributed by atoms with Crippen LogP contribution in [0.3, 0.4) is 0 Å². The van der Waals surface area contributed by atoms with Crippen molar-refractivity contribution in [2.24, 2.45) is 5.73 Å². The normalized spacial score (nSPS) is 12.8. The van der Waals surface area contributed by atoms with Gasteiger partial charge in [0.15, 0.2) is 0 Å². The van der Waals surface area contributed by atoms with Gasteiger partial charge in [-0.3, -0.25) is 0 Å². The third-order valence-corrected chi connectivity index (χ3v) is 4.16. The summed E-state index contributed by atoms with van der Waals surface area (Å²) >= 11 is 19.0. The first-order valence-corrected chi connectivity index (χ1v) is 6.59. The topological polar surface area (TPSA) is 26.0 Å². The largest absolute Gasteiger partial charge is 0.320 e. The number of nitrogens with two attached hydrogens (primary N) is 1. The van der Waals surface area contributed by atoms with Crippen LogP contribution < -0.4 is 5.73 Å². The highest BCUT2D eigenvalue weighted by molar-refractivity contribution is 7.20. The predicted molar refractivity (Wildman–Crippen MR) is 71.8 cm³/mol. The Balaban J connectivity index is 2.43. The van der Waals surface area contributed by atoms with Crippen LogP contribution in [-0.2, 0) is 0 Å². The standard InChI is InChI=1S/C11H7Cl3FNS/c12-8-3-5(15)1-2-6(8)10(16)7-4-9(13)17-11(7)14/h1-4,10H,16H2. The SMILES string of the molecule is NC(c1ccc(F)cc1Cl)c1cc(Cl)sc1Cl. The highest BCUT2D eigenvalue weighted by Gasteiger charge is 2.18. The van der Waals surface area contributed by atoms with E-state index in [2.05, 4.69) is 0 Å². The maximum Gasteiger partial charge on any atom is 0.124 e. The van der Waals surface area contributed by atoms with E-state index in [0.717, 1.165) is 0 Å². The lowest BCUT2D eigenvalue weighted by Gasteiger charge is -2.13. The van der Waals surface area contributed by atoms with Crippen molar-refractivity contribution in [2.75, 3.05) is 0 Å². The van der Waals surface area contributed by atoms with Crippen molar-refractivity contribution in [3.8, 4) is 0 Å². The summed E-state index contributed by atoms with van der Waals surface area (Å²) < 4.78 is 14.0. The minimum absolute atomic E-state index is 0.274. The lowest BCUT2D eigenvalue weighted by Crippen LogP contribution is -2.12. The average Bonchev–Trinajstić information content (AvgIpc) is 2.57. The molecule has 0 amide bonds. The highest BCUT2D eigenvalue weighted by Crippen LogP contribution is 2.38. The minimum Gasteiger partial charge on any atom is -0.320 e. The van der Waals surface area contributed by atoms with E-state index in [1.54, 1.807) is 12.1 Å². The van der Waals surface area contributed by atoms with Gasteiger partial charge in [0.05, 0.1) is 14.7 Å². The zero-order chi connectivity index (χ0) is 12.6. The van der Waals surface area contributed by atoms with Crippen LogP contribution in [0.25, 0.3) is 0 Å². The third kappa shape index (κ3) is 2.75. The van der Waals surface area contributed by atoms with Gasteiger partial charge < -0.3 is 5.73 Å². The molecule has 2 N–H and O–H groups in total. The van der Waals surface area contributed by atoms with Gasteiger partial charge in [-0.15, -0.1) is 11.3 Å². The predicted octanol–water partition coefficient (Wildman–Crippen LogP) is 4.90. The summed E-state index contributed by atoms with van der Waals surface area (Å²) in [6.07, 6.45) is 0. The first-order chi connectivity index (χ1) is 7.99. The van der Waals surface area contributed by atoms with Crippen LogP contribution in [0.1, 0.15) is 17.2 Å². The van der Waals surface area contributed by atoms with E-state index in [9.17, 15) is 4.39 Å². The van der Waals surface area contributed by atoms with Gasteiger partial charge in [0.1, 0.15) is 5.82 Å². The second-order valence-electron chi connectivity index (χ2n) is 3.42. The van der Waals surface area contributed by atoms with E-state index in [1.165, 1.54) is 23.5 Å². The Morgan fingerprint density at radius 2 is 1.82 bits per heavy atom. The summed E-state index contributed by atoms with van der Waals surface area (Å²) in [7, 11) is 0. The Labute approximate surface area is 117 Å². The molecule has 17 heavy (non-hydrogen) atoms. The first-order valence-electron chi connectivity index (χ1n) is 4.64. The first kappa shape index (κ1) is 13.1. The van der Waals surface area contributed by atoms with Gasteiger partial charge in [0, 0.05) is 10.6 Å². The van der Waals surface area contributed by atoms with Gasteiger partial charge in [-0.25, -0.2) is 4.39 Å². The van der Waals surface area contributed by atoms with Crippen molar-refractivity contribution >= 4 is 46.1 Å². The van der Waals surface area contributed by atoms with Gasteiger partial charge in [0.2, 0.25) is 0 Å². The molecule has 0 aliphatic heterocycles. The molecule has 0 saturated carbocycles. The molecule has 1 aromatic carbocycles. The maximum atomic E-state index is 12.9. The van der Waals surface area contributed by atoms with Crippen molar-refractivity contribution in [3.63, 3.8) is 0 Å². The van der Waals surface area contributed by atoms with Crippen LogP contribution in [0.4, 0.5) is 4.39 Å². The summed E-state index contributed by atoms with van der Waals surface area (Å²) in [5.74, 6) is -0.402. The van der Waals surface area contributed by atoms with Crippen molar-refractivity contribution in [1.82, 2.24) is 0 Å². The molecular formula is C11H7Cl3FNS. The van der Waals surface area contributed by atoms with Gasteiger partial charge in [-0.1, -0.05) is 40.9 Å². The maximum absolute atomic E-state index is 12.9. The van der Waals surface area contributed by atoms with Crippen LogP contribution >= 0.6 is 46.1 Å². The van der Waals surface area contributed by atoms with Crippen LogP contribution in [0.5, 0.6) is 0 Å². The minimum atomic E-state index is -0.514. The lowest BCUT2D eigenvalue weighted by atomic mass is 10.0. The van der Waals surface area contributed by atoms with Crippen LogP contribution in [-0.4, -0.2) is 0 Å². The molecule has 0 bridgehead atoms. The summed E-state index contributed by atoms with van der Waals surface area (Å²) in [4.78, 5) is 0. The third-order valence-electron chi connectivity index (χ3n) is 2.32. The molecule has 90 valence electrons. The molecule has 0 saturated heterocycles. The van der Waals surface area contributed by atoms with E-state index < -0.39 is 11.9 Å². The second kappa shape index (κ2) is 5.12. The number of thiophene rings is 1. The molecule has 0 aliphatic carbocycles. The molecule has 2 rings (SSSR count). The molecule has 0 fully saturated rings. The fourth-order valence-corrected chi connectivity index (χ4v) is 3.32. The number of hydrogen-bond donors (Lipinski definition) is 1. The lowest BCUT2D eigenvalue weighted by molar-refractivity contribution is 0.626. The molecular weight excluding hydrogens is 304 g/mol. The number of hydrogen-bond acceptors (Lipinski definition) is 2. The van der Waals surface area contributed by atoms with Crippen molar-refractivity contribution < 1.29 is 4.39 Å². The molecule has 1 aromatic heterocycles. The summed E-state index contributed by atoms with van der Waals surface area (Å²) in [5.41, 5.74) is 7.34. The van der Waals surface area contributed by atoms with Gasteiger partial charge in [-0.2, -0.15) is 0 Å². The Morgan fingerprint density at radius 1 is 1.12 bits per heavy atom. The molecule has 2 aromatic rings. The van der Waals surface area contributed by atoms with Gasteiger partial charge in [-0.05, 0) is 23.8 Å². The Hall–Kier alpha value is -0.320. The Kier molecular flexibility index (Phi) is 3.95. The molecule has 1 unspecified atom stereocenters. The van der Waals surface area contributed by atoms with E-state index in [4.69, 9.17) is 40.5 Å². The summed E-state index contributed by atoms with van der Waals surface area (Å²) in [6, 6.07) is 5.25. The second-order valence-corrected chi connectivity index (χ2v) is 6.12. The average molecular weight is 311 g/mol. The molecule has 1 heterocycles. The van der Waals surface area contributed by atoms with E-state index in [0.29, 0.717) is 19.8 Å². The fourth-order valence-electron chi connectivity index (χ4n) is 1.49. The molecule has 0 radical (unpaired) electrons. The van der Waals surface area contributed by atoms with Crippen LogP contribution in [0.15, 0.2) is 24.3 Å². The molecule has 6 heteroatoms. The Bertz CT molecular complexity index is 556. The zero-order valence-corrected chi connectivity index (χ0v) is 11.5. The summed E-state index contributed by atoms with van der Waals surface area (Å²) in [6.45, 7) is 0. The van der Waals surface area contributed by atoms with Crippen LogP contribution in [0.2, 0.25) is 13.7 Å². The van der Waals surface area contributed by atoms with Crippen molar-refractivity contribution in [3.05, 3.63) is 54.9 Å². The smallest absolute Gasteiger partial charge is 0.124 e. The fraction of sp³-hybridized carbons (Fsp3) is 0.0909. The van der Waals surface area contributed by atoms with Gasteiger partial charge >= 0.3 is 0 Å². The molecule has 0 aliphatic rings. The molecule has 1 atom stereocenters. The quantitative estimate of drug-likeness (QED) is 0.839. The number of benzene rings is 1. The highest BCUT2D eigenvalue weighted by atomic mass is 35.5. The van der Waals surface area contributed by atoms with Crippen LogP contribution in [0, 0.1) is 5.82 Å². The van der Waals surface area contributed by atoms with Gasteiger partial charge in [0.25, 0.3) is 0 Å². The summed E-state index contributed by atoms with van der Waals surface area (Å²) in [5, 5.41) is 0.274. The molecule has 1 nitrogen and oxygen atoms in total.